The van der Waals surface area contributed by atoms with Crippen LogP contribution in [0.25, 0.3) is 0 Å². The van der Waals surface area contributed by atoms with Gasteiger partial charge in [-0.2, -0.15) is 0 Å². The van der Waals surface area contributed by atoms with Crippen LogP contribution in [0.4, 0.5) is 0 Å². The molecule has 1 saturated heterocycles. The SMILES string of the molecule is CN=C(NCc1ccc(CN2CCCCC2)cc1)NCc1ncc(C(C)(C)C)o1. The molecule has 0 atom stereocenters. The summed E-state index contributed by atoms with van der Waals surface area (Å²) in [5.41, 5.74) is 2.59. The summed E-state index contributed by atoms with van der Waals surface area (Å²) in [7, 11) is 1.77. The highest BCUT2D eigenvalue weighted by atomic mass is 16.4. The fourth-order valence-electron chi connectivity index (χ4n) is 3.44. The number of nitrogens with zero attached hydrogens (tertiary/aromatic N) is 3. The van der Waals surface area contributed by atoms with Gasteiger partial charge in [0.25, 0.3) is 0 Å². The van der Waals surface area contributed by atoms with E-state index in [-0.39, 0.29) is 5.41 Å². The average Bonchev–Trinajstić information content (AvgIpc) is 3.20. The van der Waals surface area contributed by atoms with Gasteiger partial charge in [0.2, 0.25) is 5.89 Å². The van der Waals surface area contributed by atoms with E-state index in [0.717, 1.165) is 24.8 Å². The van der Waals surface area contributed by atoms with Crippen molar-refractivity contribution in [3.05, 3.63) is 53.2 Å². The lowest BCUT2D eigenvalue weighted by Crippen LogP contribution is -2.36. The third-order valence-electron chi connectivity index (χ3n) is 5.26. The predicted molar refractivity (Wildman–Crippen MR) is 118 cm³/mol. The second-order valence-corrected chi connectivity index (χ2v) is 8.80. The standard InChI is InChI=1S/C23H35N5O/c1-23(2,3)20-15-25-21(29-20)16-27-22(24-4)26-14-18-8-10-19(11-9-18)17-28-12-6-5-7-13-28/h8-11,15H,5-7,12-14,16-17H2,1-4H3,(H2,24,26,27). The molecule has 2 aromatic rings. The topological polar surface area (TPSA) is 65.7 Å². The molecule has 2 heterocycles. The maximum atomic E-state index is 5.82. The van der Waals surface area contributed by atoms with Gasteiger partial charge in [-0.15, -0.1) is 0 Å². The Morgan fingerprint density at radius 1 is 1.03 bits per heavy atom. The van der Waals surface area contributed by atoms with E-state index in [1.165, 1.54) is 43.5 Å². The fraction of sp³-hybridized carbons (Fsp3) is 0.565. The van der Waals surface area contributed by atoms with Crippen molar-refractivity contribution < 1.29 is 4.42 Å². The van der Waals surface area contributed by atoms with E-state index in [4.69, 9.17) is 4.42 Å². The van der Waals surface area contributed by atoms with Gasteiger partial charge >= 0.3 is 0 Å². The Hall–Kier alpha value is -2.34. The Labute approximate surface area is 174 Å². The highest BCUT2D eigenvalue weighted by Gasteiger charge is 2.19. The third kappa shape index (κ3) is 6.60. The molecule has 29 heavy (non-hydrogen) atoms. The molecule has 1 aromatic heterocycles. The molecule has 0 spiro atoms. The summed E-state index contributed by atoms with van der Waals surface area (Å²) in [6.07, 6.45) is 5.85. The van der Waals surface area contributed by atoms with Gasteiger partial charge in [0.05, 0.1) is 12.7 Å². The van der Waals surface area contributed by atoms with Gasteiger partial charge < -0.3 is 15.1 Å². The van der Waals surface area contributed by atoms with Gasteiger partial charge in [-0.1, -0.05) is 51.5 Å². The number of rotatable bonds is 6. The van der Waals surface area contributed by atoms with E-state index in [2.05, 4.69) is 70.5 Å². The summed E-state index contributed by atoms with van der Waals surface area (Å²) in [5, 5.41) is 6.62. The Kier molecular flexibility index (Phi) is 7.31. The van der Waals surface area contributed by atoms with Crippen molar-refractivity contribution in [1.82, 2.24) is 20.5 Å². The maximum absolute atomic E-state index is 5.82. The zero-order valence-electron chi connectivity index (χ0n) is 18.3. The molecular weight excluding hydrogens is 362 g/mol. The number of hydrogen-bond acceptors (Lipinski definition) is 4. The van der Waals surface area contributed by atoms with Crippen LogP contribution in [0.2, 0.25) is 0 Å². The molecule has 0 bridgehead atoms. The number of aliphatic imine (C=N–C) groups is 1. The summed E-state index contributed by atoms with van der Waals surface area (Å²) in [6.45, 7) is 11.1. The van der Waals surface area contributed by atoms with E-state index in [9.17, 15) is 0 Å². The van der Waals surface area contributed by atoms with Gasteiger partial charge in [0, 0.05) is 25.6 Å². The molecule has 6 heteroatoms. The van der Waals surface area contributed by atoms with Crippen LogP contribution in [0.15, 0.2) is 39.9 Å². The first kappa shape index (κ1) is 21.4. The number of likely N-dealkylation sites (tertiary alicyclic amines) is 1. The third-order valence-corrected chi connectivity index (χ3v) is 5.26. The lowest BCUT2D eigenvalue weighted by molar-refractivity contribution is 0.221. The van der Waals surface area contributed by atoms with Crippen molar-refractivity contribution in [3.63, 3.8) is 0 Å². The molecule has 1 aliphatic heterocycles. The first-order valence-electron chi connectivity index (χ1n) is 10.6. The van der Waals surface area contributed by atoms with Crippen LogP contribution in [0.3, 0.4) is 0 Å². The minimum atomic E-state index is -0.0364. The van der Waals surface area contributed by atoms with Crippen LogP contribution in [0, 0.1) is 0 Å². The monoisotopic (exact) mass is 397 g/mol. The summed E-state index contributed by atoms with van der Waals surface area (Å²) in [4.78, 5) is 11.2. The summed E-state index contributed by atoms with van der Waals surface area (Å²) < 4.78 is 5.82. The van der Waals surface area contributed by atoms with Crippen molar-refractivity contribution in [2.24, 2.45) is 4.99 Å². The zero-order valence-corrected chi connectivity index (χ0v) is 18.3. The lowest BCUT2D eigenvalue weighted by Gasteiger charge is -2.26. The minimum Gasteiger partial charge on any atom is -0.443 e. The van der Waals surface area contributed by atoms with Crippen molar-refractivity contribution in [3.8, 4) is 0 Å². The first-order chi connectivity index (χ1) is 13.9. The van der Waals surface area contributed by atoms with E-state index >= 15 is 0 Å². The van der Waals surface area contributed by atoms with Crippen LogP contribution in [-0.4, -0.2) is 36.0 Å². The molecule has 0 amide bonds. The average molecular weight is 398 g/mol. The number of nitrogens with one attached hydrogen (secondary N) is 2. The van der Waals surface area contributed by atoms with Crippen molar-refractivity contribution >= 4 is 5.96 Å². The van der Waals surface area contributed by atoms with Crippen molar-refractivity contribution in [1.29, 1.82) is 0 Å². The minimum absolute atomic E-state index is 0.0364. The smallest absolute Gasteiger partial charge is 0.213 e. The van der Waals surface area contributed by atoms with Crippen LogP contribution in [0.5, 0.6) is 0 Å². The largest absolute Gasteiger partial charge is 0.443 e. The molecule has 158 valence electrons. The maximum Gasteiger partial charge on any atom is 0.213 e. The van der Waals surface area contributed by atoms with Crippen LogP contribution >= 0.6 is 0 Å². The quantitative estimate of drug-likeness (QED) is 0.573. The number of hydrogen-bond donors (Lipinski definition) is 2. The highest BCUT2D eigenvalue weighted by molar-refractivity contribution is 5.79. The molecule has 0 saturated carbocycles. The van der Waals surface area contributed by atoms with Gasteiger partial charge in [-0.05, 0) is 37.1 Å². The molecule has 2 N–H and O–H groups in total. The van der Waals surface area contributed by atoms with E-state index in [0.29, 0.717) is 12.4 Å². The Bertz CT molecular complexity index is 782. The highest BCUT2D eigenvalue weighted by Crippen LogP contribution is 2.22. The zero-order chi connectivity index (χ0) is 20.7. The molecule has 0 aliphatic carbocycles. The van der Waals surface area contributed by atoms with Crippen molar-refractivity contribution in [2.75, 3.05) is 20.1 Å². The summed E-state index contributed by atoms with van der Waals surface area (Å²) in [5.74, 6) is 2.29. The number of benzene rings is 1. The lowest BCUT2D eigenvalue weighted by atomic mass is 9.94. The number of aromatic nitrogens is 1. The van der Waals surface area contributed by atoms with Gasteiger partial charge in [0.15, 0.2) is 5.96 Å². The Morgan fingerprint density at radius 2 is 1.69 bits per heavy atom. The van der Waals surface area contributed by atoms with Crippen molar-refractivity contribution in [2.45, 2.75) is 65.1 Å². The van der Waals surface area contributed by atoms with Gasteiger partial charge in [0.1, 0.15) is 5.76 Å². The molecule has 0 unspecified atom stereocenters. The number of oxazole rings is 1. The molecule has 1 aromatic carbocycles. The van der Waals surface area contributed by atoms with Crippen LogP contribution < -0.4 is 10.6 Å². The molecule has 1 fully saturated rings. The Morgan fingerprint density at radius 3 is 2.31 bits per heavy atom. The molecule has 1 aliphatic rings. The fourth-order valence-corrected chi connectivity index (χ4v) is 3.44. The van der Waals surface area contributed by atoms with Gasteiger partial charge in [-0.25, -0.2) is 4.98 Å². The van der Waals surface area contributed by atoms with E-state index in [1.807, 2.05) is 0 Å². The second kappa shape index (κ2) is 9.92. The summed E-state index contributed by atoms with van der Waals surface area (Å²) >= 11 is 0. The van der Waals surface area contributed by atoms with Crippen LogP contribution in [-0.2, 0) is 25.0 Å². The summed E-state index contributed by atoms with van der Waals surface area (Å²) in [6, 6.07) is 8.87. The van der Waals surface area contributed by atoms with E-state index in [1.54, 1.807) is 13.2 Å². The van der Waals surface area contributed by atoms with Gasteiger partial charge in [-0.3, -0.25) is 9.89 Å². The normalized spacial score (nSPS) is 16.1. The number of piperidine rings is 1. The Balaban J connectivity index is 1.44. The molecule has 3 rings (SSSR count). The second-order valence-electron chi connectivity index (χ2n) is 8.80. The van der Waals surface area contributed by atoms with Crippen LogP contribution in [0.1, 0.15) is 62.8 Å². The molecule has 6 nitrogen and oxygen atoms in total. The number of guanidine groups is 1. The van der Waals surface area contributed by atoms with E-state index < -0.39 is 0 Å². The molecular formula is C23H35N5O. The first-order valence-corrected chi connectivity index (χ1v) is 10.6. The predicted octanol–water partition coefficient (Wildman–Crippen LogP) is 3.82. The molecule has 0 radical (unpaired) electrons.